The average molecular weight is 282 g/mol. The Morgan fingerprint density at radius 3 is 2.90 bits per heavy atom. The highest BCUT2D eigenvalue weighted by Gasteiger charge is 2.43. The second-order valence-corrected chi connectivity index (χ2v) is 6.34. The predicted molar refractivity (Wildman–Crippen MR) is 80.7 cm³/mol. The molecule has 0 aromatic heterocycles. The number of hydrogen-bond acceptors (Lipinski definition) is 3. The first-order chi connectivity index (χ1) is 9.72. The number of hydrogen-bond donors (Lipinski definition) is 1. The molecule has 2 unspecified atom stereocenters. The topological polar surface area (TPSA) is 41.6 Å². The van der Waals surface area contributed by atoms with Crippen molar-refractivity contribution in [3.63, 3.8) is 0 Å². The van der Waals surface area contributed by atoms with E-state index in [0.717, 1.165) is 71.3 Å². The van der Waals surface area contributed by atoms with Crippen molar-refractivity contribution >= 4 is 5.91 Å². The van der Waals surface area contributed by atoms with Gasteiger partial charge >= 0.3 is 0 Å². The van der Waals surface area contributed by atoms with Gasteiger partial charge in [0.15, 0.2) is 0 Å². The molecule has 1 N–H and O–H groups in total. The Morgan fingerprint density at radius 2 is 2.25 bits per heavy atom. The largest absolute Gasteiger partial charge is 0.376 e. The maximum Gasteiger partial charge on any atom is 0.230 e. The van der Waals surface area contributed by atoms with E-state index in [9.17, 15) is 4.79 Å². The molecule has 2 atom stereocenters. The number of nitrogens with zero attached hydrogens (tertiary/aromatic N) is 1. The molecule has 2 fully saturated rings. The summed E-state index contributed by atoms with van der Waals surface area (Å²) in [6.45, 7) is 8.67. The number of likely N-dealkylation sites (tertiary alicyclic amines) is 1. The Labute approximate surface area is 123 Å². The zero-order valence-corrected chi connectivity index (χ0v) is 13.1. The summed E-state index contributed by atoms with van der Waals surface area (Å²) < 4.78 is 5.86. The van der Waals surface area contributed by atoms with Gasteiger partial charge in [0, 0.05) is 26.2 Å². The fourth-order valence-corrected chi connectivity index (χ4v) is 3.60. The zero-order valence-electron chi connectivity index (χ0n) is 13.1. The first-order valence-electron chi connectivity index (χ1n) is 8.33. The molecule has 2 heterocycles. The maximum absolute atomic E-state index is 13.0. The van der Waals surface area contributed by atoms with Crippen molar-refractivity contribution in [1.82, 2.24) is 10.2 Å². The van der Waals surface area contributed by atoms with Gasteiger partial charge in [-0.3, -0.25) is 4.79 Å². The molecule has 116 valence electrons. The van der Waals surface area contributed by atoms with Crippen molar-refractivity contribution in [2.24, 2.45) is 5.41 Å². The van der Waals surface area contributed by atoms with Crippen LogP contribution in [0.4, 0.5) is 0 Å². The van der Waals surface area contributed by atoms with E-state index in [1.807, 2.05) is 0 Å². The summed E-state index contributed by atoms with van der Waals surface area (Å²) in [6.07, 6.45) is 6.57. The van der Waals surface area contributed by atoms with Crippen LogP contribution >= 0.6 is 0 Å². The van der Waals surface area contributed by atoms with Crippen LogP contribution in [0.3, 0.4) is 0 Å². The van der Waals surface area contributed by atoms with E-state index in [1.54, 1.807) is 0 Å². The first kappa shape index (κ1) is 15.8. The summed E-state index contributed by atoms with van der Waals surface area (Å²) in [6, 6.07) is 0. The minimum absolute atomic E-state index is 0.138. The molecule has 2 saturated heterocycles. The minimum Gasteiger partial charge on any atom is -0.376 e. The Hall–Kier alpha value is -0.610. The van der Waals surface area contributed by atoms with Gasteiger partial charge in [-0.15, -0.1) is 0 Å². The second-order valence-electron chi connectivity index (χ2n) is 6.34. The fraction of sp³-hybridized carbons (Fsp3) is 0.938. The summed E-state index contributed by atoms with van der Waals surface area (Å²) in [5.74, 6) is 0.370. The predicted octanol–water partition coefficient (Wildman–Crippen LogP) is 2.18. The fourth-order valence-electron chi connectivity index (χ4n) is 3.60. The SMILES string of the molecule is CCCOC1CCCN(C(=O)C2(CCC)CCNC2)C1. The monoisotopic (exact) mass is 282 g/mol. The highest BCUT2D eigenvalue weighted by atomic mass is 16.5. The van der Waals surface area contributed by atoms with E-state index in [0.29, 0.717) is 5.91 Å². The lowest BCUT2D eigenvalue weighted by molar-refractivity contribution is -0.145. The van der Waals surface area contributed by atoms with Gasteiger partial charge in [0.05, 0.1) is 11.5 Å². The summed E-state index contributed by atoms with van der Waals surface area (Å²) in [5.41, 5.74) is -0.138. The van der Waals surface area contributed by atoms with E-state index >= 15 is 0 Å². The van der Waals surface area contributed by atoms with Crippen molar-refractivity contribution in [3.05, 3.63) is 0 Å². The van der Waals surface area contributed by atoms with Gasteiger partial charge < -0.3 is 15.0 Å². The molecule has 2 aliphatic rings. The lowest BCUT2D eigenvalue weighted by atomic mass is 9.80. The van der Waals surface area contributed by atoms with Crippen LogP contribution in [0.15, 0.2) is 0 Å². The molecule has 0 bridgehead atoms. The zero-order chi connectivity index (χ0) is 14.4. The third-order valence-electron chi connectivity index (χ3n) is 4.65. The third kappa shape index (κ3) is 3.53. The number of rotatable bonds is 6. The van der Waals surface area contributed by atoms with Gasteiger partial charge in [-0.1, -0.05) is 20.3 Å². The van der Waals surface area contributed by atoms with Gasteiger partial charge in [0.2, 0.25) is 5.91 Å². The number of piperidine rings is 1. The highest BCUT2D eigenvalue weighted by molar-refractivity contribution is 5.83. The molecule has 4 heteroatoms. The van der Waals surface area contributed by atoms with Crippen molar-refractivity contribution in [1.29, 1.82) is 0 Å². The number of ether oxygens (including phenoxy) is 1. The van der Waals surface area contributed by atoms with Crippen LogP contribution in [0, 0.1) is 5.41 Å². The van der Waals surface area contributed by atoms with Crippen LogP contribution in [-0.2, 0) is 9.53 Å². The van der Waals surface area contributed by atoms with Gasteiger partial charge in [0.25, 0.3) is 0 Å². The van der Waals surface area contributed by atoms with Crippen LogP contribution in [0.25, 0.3) is 0 Å². The first-order valence-corrected chi connectivity index (χ1v) is 8.33. The lowest BCUT2D eigenvalue weighted by Crippen LogP contribution is -2.50. The average Bonchev–Trinajstić information content (AvgIpc) is 2.95. The van der Waals surface area contributed by atoms with E-state index in [-0.39, 0.29) is 11.5 Å². The molecule has 1 amide bonds. The Kier molecular flexibility index (Phi) is 5.85. The summed E-state index contributed by atoms with van der Waals surface area (Å²) in [4.78, 5) is 15.0. The quantitative estimate of drug-likeness (QED) is 0.812. The number of amides is 1. The maximum atomic E-state index is 13.0. The molecule has 20 heavy (non-hydrogen) atoms. The molecule has 0 saturated carbocycles. The molecular weight excluding hydrogens is 252 g/mol. The van der Waals surface area contributed by atoms with E-state index in [4.69, 9.17) is 4.74 Å². The minimum atomic E-state index is -0.138. The van der Waals surface area contributed by atoms with E-state index in [2.05, 4.69) is 24.1 Å². The third-order valence-corrected chi connectivity index (χ3v) is 4.65. The molecule has 2 aliphatic heterocycles. The molecule has 4 nitrogen and oxygen atoms in total. The summed E-state index contributed by atoms with van der Waals surface area (Å²) >= 11 is 0. The Bertz CT molecular complexity index is 314. The van der Waals surface area contributed by atoms with Gasteiger partial charge in [-0.05, 0) is 38.6 Å². The Balaban J connectivity index is 1.96. The standard InChI is InChI=1S/C16H30N2O2/c1-3-7-16(8-9-17-13-16)15(19)18-10-5-6-14(12-18)20-11-4-2/h14,17H,3-13H2,1-2H3. The lowest BCUT2D eigenvalue weighted by Gasteiger charge is -2.38. The van der Waals surface area contributed by atoms with E-state index < -0.39 is 0 Å². The molecule has 0 spiro atoms. The van der Waals surface area contributed by atoms with Crippen molar-refractivity contribution in [2.75, 3.05) is 32.8 Å². The highest BCUT2D eigenvalue weighted by Crippen LogP contribution is 2.34. The number of carbonyl (C=O) groups is 1. The smallest absolute Gasteiger partial charge is 0.230 e. The molecule has 0 radical (unpaired) electrons. The van der Waals surface area contributed by atoms with Crippen LogP contribution in [0.2, 0.25) is 0 Å². The second kappa shape index (κ2) is 7.41. The Morgan fingerprint density at radius 1 is 1.40 bits per heavy atom. The summed E-state index contributed by atoms with van der Waals surface area (Å²) in [5, 5.41) is 3.38. The molecule has 2 rings (SSSR count). The molecule has 0 aromatic carbocycles. The van der Waals surface area contributed by atoms with Crippen molar-refractivity contribution in [2.45, 2.75) is 58.5 Å². The van der Waals surface area contributed by atoms with Crippen LogP contribution in [0.5, 0.6) is 0 Å². The van der Waals surface area contributed by atoms with Crippen molar-refractivity contribution < 1.29 is 9.53 Å². The molecule has 0 aromatic rings. The van der Waals surface area contributed by atoms with Gasteiger partial charge in [-0.25, -0.2) is 0 Å². The number of nitrogens with one attached hydrogen (secondary N) is 1. The van der Waals surface area contributed by atoms with Gasteiger partial charge in [0.1, 0.15) is 0 Å². The van der Waals surface area contributed by atoms with Gasteiger partial charge in [-0.2, -0.15) is 0 Å². The normalized spacial score (nSPS) is 30.7. The van der Waals surface area contributed by atoms with E-state index in [1.165, 1.54) is 0 Å². The van der Waals surface area contributed by atoms with Crippen LogP contribution < -0.4 is 5.32 Å². The number of carbonyl (C=O) groups excluding carboxylic acids is 1. The van der Waals surface area contributed by atoms with Crippen LogP contribution in [0.1, 0.15) is 52.4 Å². The van der Waals surface area contributed by atoms with Crippen LogP contribution in [-0.4, -0.2) is 49.7 Å². The van der Waals surface area contributed by atoms with Crippen molar-refractivity contribution in [3.8, 4) is 0 Å². The summed E-state index contributed by atoms with van der Waals surface area (Å²) in [7, 11) is 0. The molecular formula is C16H30N2O2. The molecule has 0 aliphatic carbocycles.